The third kappa shape index (κ3) is 2.05. The SMILES string of the molecule is Cn1ccnc1C1=NC(C)(c2ccccn2)c2c1c(O)c1ccccc1c2O. The van der Waals surface area contributed by atoms with E-state index in [1.165, 1.54) is 0 Å². The molecule has 6 heteroatoms. The van der Waals surface area contributed by atoms with E-state index >= 15 is 0 Å². The number of phenolic OH excluding ortho intramolecular Hbond substituents is 2. The summed E-state index contributed by atoms with van der Waals surface area (Å²) in [7, 11) is 1.87. The van der Waals surface area contributed by atoms with Crippen LogP contribution in [-0.4, -0.2) is 30.5 Å². The lowest BCUT2D eigenvalue weighted by Crippen LogP contribution is -2.20. The Morgan fingerprint density at radius 2 is 1.61 bits per heavy atom. The zero-order valence-electron chi connectivity index (χ0n) is 15.5. The molecule has 0 radical (unpaired) electrons. The van der Waals surface area contributed by atoms with Crippen LogP contribution in [0.3, 0.4) is 0 Å². The van der Waals surface area contributed by atoms with Crippen LogP contribution in [0.5, 0.6) is 11.5 Å². The Morgan fingerprint density at radius 1 is 0.893 bits per heavy atom. The van der Waals surface area contributed by atoms with E-state index < -0.39 is 5.54 Å². The van der Waals surface area contributed by atoms with Crippen molar-refractivity contribution < 1.29 is 10.2 Å². The quantitative estimate of drug-likeness (QED) is 0.529. The fourth-order valence-corrected chi connectivity index (χ4v) is 4.03. The normalized spacial score (nSPS) is 18.3. The van der Waals surface area contributed by atoms with Crippen molar-refractivity contribution in [1.82, 2.24) is 14.5 Å². The van der Waals surface area contributed by atoms with Crippen LogP contribution >= 0.6 is 0 Å². The first-order chi connectivity index (χ1) is 13.5. The van der Waals surface area contributed by atoms with Gasteiger partial charge in [0.15, 0.2) is 5.82 Å². The maximum atomic E-state index is 11.2. The Bertz CT molecular complexity index is 1260. The first-order valence-corrected chi connectivity index (χ1v) is 8.99. The molecular formula is C22H18N4O2. The molecule has 0 saturated carbocycles. The second-order valence-electron chi connectivity index (χ2n) is 7.10. The third-order valence-electron chi connectivity index (χ3n) is 5.42. The minimum Gasteiger partial charge on any atom is -0.507 e. The van der Waals surface area contributed by atoms with Gasteiger partial charge in [-0.05, 0) is 19.1 Å². The van der Waals surface area contributed by atoms with Gasteiger partial charge >= 0.3 is 0 Å². The number of benzene rings is 2. The number of rotatable bonds is 2. The zero-order valence-corrected chi connectivity index (χ0v) is 15.5. The largest absolute Gasteiger partial charge is 0.507 e. The minimum atomic E-state index is -0.955. The maximum Gasteiger partial charge on any atom is 0.158 e. The maximum absolute atomic E-state index is 11.2. The lowest BCUT2D eigenvalue weighted by atomic mass is 9.84. The van der Waals surface area contributed by atoms with Crippen molar-refractivity contribution >= 4 is 16.5 Å². The number of hydrogen-bond donors (Lipinski definition) is 2. The molecule has 1 atom stereocenters. The van der Waals surface area contributed by atoms with Gasteiger partial charge in [0.1, 0.15) is 22.7 Å². The molecule has 4 aromatic rings. The molecule has 6 nitrogen and oxygen atoms in total. The van der Waals surface area contributed by atoms with Crippen molar-refractivity contribution in [3.63, 3.8) is 0 Å². The number of phenols is 2. The summed E-state index contributed by atoms with van der Waals surface area (Å²) >= 11 is 0. The van der Waals surface area contributed by atoms with Crippen LogP contribution in [0.25, 0.3) is 10.8 Å². The molecule has 2 aromatic heterocycles. The van der Waals surface area contributed by atoms with Crippen LogP contribution in [0.2, 0.25) is 0 Å². The first-order valence-electron chi connectivity index (χ1n) is 8.99. The zero-order chi connectivity index (χ0) is 19.5. The van der Waals surface area contributed by atoms with E-state index in [9.17, 15) is 10.2 Å². The molecular weight excluding hydrogens is 352 g/mol. The molecule has 28 heavy (non-hydrogen) atoms. The van der Waals surface area contributed by atoms with Gasteiger partial charge in [0.05, 0.1) is 11.3 Å². The van der Waals surface area contributed by atoms with Gasteiger partial charge in [-0.25, -0.2) is 4.98 Å². The molecule has 2 aromatic carbocycles. The Labute approximate surface area is 161 Å². The number of fused-ring (bicyclic) bond motifs is 2. The predicted molar refractivity (Wildman–Crippen MR) is 107 cm³/mol. The van der Waals surface area contributed by atoms with E-state index in [0.717, 1.165) is 0 Å². The van der Waals surface area contributed by atoms with Gasteiger partial charge in [0.2, 0.25) is 0 Å². The summed E-state index contributed by atoms with van der Waals surface area (Å²) in [6, 6.07) is 12.9. The van der Waals surface area contributed by atoms with Gasteiger partial charge in [0, 0.05) is 42.0 Å². The second-order valence-corrected chi connectivity index (χ2v) is 7.10. The van der Waals surface area contributed by atoms with Gasteiger partial charge in [-0.15, -0.1) is 0 Å². The Kier molecular flexibility index (Phi) is 3.34. The topological polar surface area (TPSA) is 83.5 Å². The Morgan fingerprint density at radius 3 is 2.25 bits per heavy atom. The number of aliphatic imine (C=N–C) groups is 1. The summed E-state index contributed by atoms with van der Waals surface area (Å²) in [5.74, 6) is 0.806. The van der Waals surface area contributed by atoms with Crippen LogP contribution in [0.1, 0.15) is 29.6 Å². The highest BCUT2D eigenvalue weighted by molar-refractivity contribution is 6.19. The fraction of sp³-hybridized carbons (Fsp3) is 0.136. The Balaban J connectivity index is 1.94. The molecule has 0 saturated heterocycles. The lowest BCUT2D eigenvalue weighted by molar-refractivity contribution is 0.448. The van der Waals surface area contributed by atoms with Crippen LogP contribution in [-0.2, 0) is 12.6 Å². The van der Waals surface area contributed by atoms with Crippen molar-refractivity contribution in [1.29, 1.82) is 0 Å². The van der Waals surface area contributed by atoms with E-state index in [2.05, 4.69) is 9.97 Å². The third-order valence-corrected chi connectivity index (χ3v) is 5.42. The summed E-state index contributed by atoms with van der Waals surface area (Å²) in [5.41, 5.74) is 1.31. The van der Waals surface area contributed by atoms with Crippen molar-refractivity contribution in [3.8, 4) is 11.5 Å². The van der Waals surface area contributed by atoms with Crippen molar-refractivity contribution in [2.45, 2.75) is 12.5 Å². The molecule has 5 rings (SSSR count). The number of hydrogen-bond acceptors (Lipinski definition) is 5. The molecule has 1 aliphatic rings. The molecule has 2 N–H and O–H groups in total. The molecule has 138 valence electrons. The van der Waals surface area contributed by atoms with Crippen molar-refractivity contribution in [2.75, 3.05) is 0 Å². The minimum absolute atomic E-state index is 0.0878. The number of aromatic hydroxyl groups is 2. The molecule has 0 fully saturated rings. The average Bonchev–Trinajstić information content (AvgIpc) is 3.28. The standard InChI is InChI=1S/C22H18N4O2/c1-22(15-9-5-6-10-23-15)17-16(18(25-22)21-24-11-12-26(21)2)19(27)13-7-3-4-8-14(13)20(17)28/h3-12,27-28H,1-2H3. The van der Waals surface area contributed by atoms with Crippen LogP contribution in [0, 0.1) is 0 Å². The molecule has 1 aliphatic heterocycles. The number of aromatic nitrogens is 3. The number of imidazole rings is 1. The lowest BCUT2D eigenvalue weighted by Gasteiger charge is -2.24. The van der Waals surface area contributed by atoms with Gasteiger partial charge < -0.3 is 14.8 Å². The molecule has 3 heterocycles. The monoisotopic (exact) mass is 370 g/mol. The van der Waals surface area contributed by atoms with Gasteiger partial charge in [-0.1, -0.05) is 30.3 Å². The Hall–Kier alpha value is -3.67. The summed E-state index contributed by atoms with van der Waals surface area (Å²) in [6.45, 7) is 1.90. The highest BCUT2D eigenvalue weighted by Gasteiger charge is 2.44. The van der Waals surface area contributed by atoms with Gasteiger partial charge in [0.25, 0.3) is 0 Å². The summed E-state index contributed by atoms with van der Waals surface area (Å²) in [5, 5.41) is 23.6. The molecule has 0 spiro atoms. The van der Waals surface area contributed by atoms with E-state index in [-0.39, 0.29) is 11.5 Å². The number of aryl methyl sites for hydroxylation is 1. The number of nitrogens with zero attached hydrogens (tertiary/aromatic N) is 4. The van der Waals surface area contributed by atoms with E-state index in [1.54, 1.807) is 24.5 Å². The van der Waals surface area contributed by atoms with Crippen molar-refractivity contribution in [2.24, 2.45) is 12.0 Å². The molecule has 0 amide bonds. The second kappa shape index (κ2) is 5.66. The summed E-state index contributed by atoms with van der Waals surface area (Å²) < 4.78 is 1.85. The van der Waals surface area contributed by atoms with E-state index in [1.807, 2.05) is 55.1 Å². The van der Waals surface area contributed by atoms with E-state index in [0.29, 0.717) is 39.1 Å². The summed E-state index contributed by atoms with van der Waals surface area (Å²) in [4.78, 5) is 13.9. The van der Waals surface area contributed by atoms with Crippen molar-refractivity contribution in [3.05, 3.63) is 83.7 Å². The smallest absolute Gasteiger partial charge is 0.158 e. The fourth-order valence-electron chi connectivity index (χ4n) is 4.03. The average molecular weight is 370 g/mol. The van der Waals surface area contributed by atoms with Gasteiger partial charge in [-0.2, -0.15) is 0 Å². The summed E-state index contributed by atoms with van der Waals surface area (Å²) in [6.07, 6.45) is 5.21. The first kappa shape index (κ1) is 16.5. The number of pyridine rings is 1. The van der Waals surface area contributed by atoms with Crippen LogP contribution in [0.4, 0.5) is 0 Å². The van der Waals surface area contributed by atoms with E-state index in [4.69, 9.17) is 4.99 Å². The van der Waals surface area contributed by atoms with Gasteiger partial charge in [-0.3, -0.25) is 9.98 Å². The molecule has 0 aliphatic carbocycles. The highest BCUT2D eigenvalue weighted by Crippen LogP contribution is 2.52. The predicted octanol–water partition coefficient (Wildman–Crippen LogP) is 3.49. The molecule has 1 unspecified atom stereocenters. The molecule has 0 bridgehead atoms. The highest BCUT2D eigenvalue weighted by atomic mass is 16.3. The van der Waals surface area contributed by atoms with Crippen LogP contribution < -0.4 is 0 Å². The van der Waals surface area contributed by atoms with Crippen LogP contribution in [0.15, 0.2) is 66.0 Å².